The lowest BCUT2D eigenvalue weighted by atomic mass is 9.87. The van der Waals surface area contributed by atoms with E-state index in [4.69, 9.17) is 11.6 Å². The molecule has 2 rings (SSSR count). The van der Waals surface area contributed by atoms with E-state index in [9.17, 15) is 4.79 Å². The fourth-order valence-corrected chi connectivity index (χ4v) is 2.77. The molecule has 0 aliphatic heterocycles. The van der Waals surface area contributed by atoms with Crippen molar-refractivity contribution in [3.8, 4) is 0 Å². The van der Waals surface area contributed by atoms with Crippen LogP contribution < -0.4 is 10.6 Å². The Balaban J connectivity index is 2.08. The summed E-state index contributed by atoms with van der Waals surface area (Å²) < 4.78 is 0. The molecule has 3 nitrogen and oxygen atoms in total. The van der Waals surface area contributed by atoms with E-state index in [0.717, 1.165) is 16.8 Å². The first-order chi connectivity index (χ1) is 10.7. The Morgan fingerprint density at radius 3 is 2.13 bits per heavy atom. The molecule has 23 heavy (non-hydrogen) atoms. The Morgan fingerprint density at radius 1 is 1.00 bits per heavy atom. The molecule has 0 aliphatic carbocycles. The molecule has 2 aromatic carbocycles. The minimum Gasteiger partial charge on any atom is -0.308 e. The summed E-state index contributed by atoms with van der Waals surface area (Å²) in [6, 6.07) is 11.4. The van der Waals surface area contributed by atoms with E-state index in [0.29, 0.717) is 10.7 Å². The van der Waals surface area contributed by atoms with Crippen LogP contribution in [0.4, 0.5) is 16.2 Å². The largest absolute Gasteiger partial charge is 0.323 e. The maximum Gasteiger partial charge on any atom is 0.323 e. The number of nitrogens with one attached hydrogen (secondary N) is 2. The van der Waals surface area contributed by atoms with Gasteiger partial charge in [0.25, 0.3) is 0 Å². The van der Waals surface area contributed by atoms with Crippen molar-refractivity contribution in [1.82, 2.24) is 0 Å². The Hall–Kier alpha value is -2.00. The van der Waals surface area contributed by atoms with Crippen LogP contribution in [0.15, 0.2) is 36.4 Å². The van der Waals surface area contributed by atoms with Gasteiger partial charge in [0, 0.05) is 5.69 Å². The lowest BCUT2D eigenvalue weighted by Gasteiger charge is -2.19. The summed E-state index contributed by atoms with van der Waals surface area (Å²) in [6.07, 6.45) is 0. The van der Waals surface area contributed by atoms with Gasteiger partial charge in [0.1, 0.15) is 0 Å². The van der Waals surface area contributed by atoms with Crippen molar-refractivity contribution in [3.05, 3.63) is 58.1 Å². The van der Waals surface area contributed by atoms with Crippen molar-refractivity contribution in [2.75, 3.05) is 10.6 Å². The van der Waals surface area contributed by atoms with Crippen molar-refractivity contribution in [2.24, 2.45) is 0 Å². The zero-order chi connectivity index (χ0) is 17.2. The van der Waals surface area contributed by atoms with Gasteiger partial charge in [-0.3, -0.25) is 0 Å². The van der Waals surface area contributed by atoms with Gasteiger partial charge >= 0.3 is 6.03 Å². The molecule has 0 atom stereocenters. The van der Waals surface area contributed by atoms with E-state index in [-0.39, 0.29) is 11.4 Å². The monoisotopic (exact) mass is 330 g/mol. The number of carbonyl (C=O) groups is 1. The van der Waals surface area contributed by atoms with Gasteiger partial charge in [-0.15, -0.1) is 0 Å². The van der Waals surface area contributed by atoms with Gasteiger partial charge in [0.05, 0.1) is 10.7 Å². The van der Waals surface area contributed by atoms with E-state index in [1.165, 1.54) is 5.56 Å². The minimum atomic E-state index is -0.303. The number of urea groups is 1. The van der Waals surface area contributed by atoms with Crippen LogP contribution in [0.3, 0.4) is 0 Å². The van der Waals surface area contributed by atoms with Crippen molar-refractivity contribution >= 4 is 29.0 Å². The maximum atomic E-state index is 12.2. The number of amides is 2. The molecule has 122 valence electrons. The molecule has 2 aromatic rings. The van der Waals surface area contributed by atoms with Crippen LogP contribution in [-0.2, 0) is 5.41 Å². The first-order valence-electron chi connectivity index (χ1n) is 7.62. The first-order valence-corrected chi connectivity index (χ1v) is 8.00. The highest BCUT2D eigenvalue weighted by atomic mass is 35.5. The summed E-state index contributed by atoms with van der Waals surface area (Å²) in [5.74, 6) is 0. The zero-order valence-corrected chi connectivity index (χ0v) is 15.0. The quantitative estimate of drug-likeness (QED) is 0.707. The van der Waals surface area contributed by atoms with Crippen LogP contribution in [0, 0.1) is 13.8 Å². The molecule has 0 spiro atoms. The Kier molecular flexibility index (Phi) is 5.00. The number of carbonyl (C=O) groups excluding carboxylic acids is 1. The smallest absolute Gasteiger partial charge is 0.308 e. The average molecular weight is 331 g/mol. The van der Waals surface area contributed by atoms with Crippen molar-refractivity contribution in [2.45, 2.75) is 40.0 Å². The Bertz CT molecular complexity index is 692. The van der Waals surface area contributed by atoms with Crippen LogP contribution in [0.25, 0.3) is 0 Å². The summed E-state index contributed by atoms with van der Waals surface area (Å²) >= 11 is 6.21. The number of anilines is 2. The zero-order valence-electron chi connectivity index (χ0n) is 14.3. The summed E-state index contributed by atoms with van der Waals surface area (Å²) in [6.45, 7) is 10.4. The first kappa shape index (κ1) is 17.4. The lowest BCUT2D eigenvalue weighted by Crippen LogP contribution is -2.20. The van der Waals surface area contributed by atoms with Crippen LogP contribution in [0.5, 0.6) is 0 Å². The van der Waals surface area contributed by atoms with E-state index in [1.807, 2.05) is 50.2 Å². The highest BCUT2D eigenvalue weighted by Gasteiger charge is 2.14. The van der Waals surface area contributed by atoms with E-state index in [1.54, 1.807) is 0 Å². The minimum absolute atomic E-state index is 0.0906. The molecule has 2 N–H and O–H groups in total. The fraction of sp³-hybridized carbons (Fsp3) is 0.316. The van der Waals surface area contributed by atoms with Gasteiger partial charge in [0.15, 0.2) is 0 Å². The Labute approximate surface area is 143 Å². The molecule has 0 aliphatic rings. The van der Waals surface area contributed by atoms with E-state index in [2.05, 4.69) is 31.4 Å². The molecule has 0 saturated carbocycles. The number of halogens is 1. The molecule has 0 bridgehead atoms. The number of rotatable bonds is 2. The van der Waals surface area contributed by atoms with Gasteiger partial charge < -0.3 is 10.6 Å². The number of benzene rings is 2. The summed E-state index contributed by atoms with van der Waals surface area (Å²) in [5.41, 5.74) is 4.70. The van der Waals surface area contributed by atoms with Gasteiger partial charge in [-0.05, 0) is 54.2 Å². The molecule has 0 heterocycles. The Morgan fingerprint density at radius 2 is 1.61 bits per heavy atom. The van der Waals surface area contributed by atoms with Gasteiger partial charge in [0.2, 0.25) is 0 Å². The second kappa shape index (κ2) is 6.63. The van der Waals surface area contributed by atoms with Gasteiger partial charge in [-0.1, -0.05) is 50.6 Å². The maximum absolute atomic E-state index is 12.2. The summed E-state index contributed by atoms with van der Waals surface area (Å²) in [7, 11) is 0. The third kappa shape index (κ3) is 4.49. The van der Waals surface area contributed by atoms with Crippen LogP contribution in [0.2, 0.25) is 5.02 Å². The molecule has 0 radical (unpaired) electrons. The molecule has 4 heteroatoms. The highest BCUT2D eigenvalue weighted by Crippen LogP contribution is 2.28. The molecule has 2 amide bonds. The second-order valence-corrected chi connectivity index (χ2v) is 7.25. The second-order valence-electron chi connectivity index (χ2n) is 6.85. The molecular weight excluding hydrogens is 308 g/mol. The van der Waals surface area contributed by atoms with Crippen LogP contribution in [0.1, 0.15) is 37.5 Å². The average Bonchev–Trinajstić information content (AvgIpc) is 2.42. The number of hydrogen-bond donors (Lipinski definition) is 2. The number of hydrogen-bond acceptors (Lipinski definition) is 1. The van der Waals surface area contributed by atoms with E-state index >= 15 is 0 Å². The molecule has 0 saturated heterocycles. The van der Waals surface area contributed by atoms with Crippen molar-refractivity contribution < 1.29 is 4.79 Å². The highest BCUT2D eigenvalue weighted by molar-refractivity contribution is 6.34. The van der Waals surface area contributed by atoms with Crippen molar-refractivity contribution in [3.63, 3.8) is 0 Å². The van der Waals surface area contributed by atoms with Crippen LogP contribution in [-0.4, -0.2) is 6.03 Å². The lowest BCUT2D eigenvalue weighted by molar-refractivity contribution is 0.262. The topological polar surface area (TPSA) is 41.1 Å². The molecule has 0 aromatic heterocycles. The SMILES string of the molecule is Cc1cc(C)c(NC(=O)Nc2ccc(C(C)(C)C)cc2)c(Cl)c1. The molecular formula is C19H23ClN2O. The van der Waals surface area contributed by atoms with Gasteiger partial charge in [-0.25, -0.2) is 4.79 Å². The van der Waals surface area contributed by atoms with E-state index < -0.39 is 0 Å². The summed E-state index contributed by atoms with van der Waals surface area (Å²) in [5, 5.41) is 6.19. The van der Waals surface area contributed by atoms with Gasteiger partial charge in [-0.2, -0.15) is 0 Å². The normalized spacial score (nSPS) is 11.2. The van der Waals surface area contributed by atoms with Crippen LogP contribution >= 0.6 is 11.6 Å². The molecule has 0 fully saturated rings. The predicted octanol–water partition coefficient (Wildman–Crippen LogP) is 5.90. The standard InChI is InChI=1S/C19H23ClN2O/c1-12-10-13(2)17(16(20)11-12)22-18(23)21-15-8-6-14(7-9-15)19(3,4)5/h6-11H,1-5H3,(H2,21,22,23). The summed E-state index contributed by atoms with van der Waals surface area (Å²) in [4.78, 5) is 12.2. The predicted molar refractivity (Wildman–Crippen MR) is 98.7 cm³/mol. The third-order valence-corrected chi connectivity index (χ3v) is 3.98. The number of aryl methyl sites for hydroxylation is 2. The third-order valence-electron chi connectivity index (χ3n) is 3.68. The van der Waals surface area contributed by atoms with Crippen molar-refractivity contribution in [1.29, 1.82) is 0 Å². The molecule has 0 unspecified atom stereocenters. The fourth-order valence-electron chi connectivity index (χ4n) is 2.40.